The molecule has 0 radical (unpaired) electrons. The molecule has 4 nitrogen and oxygen atoms in total. The molecular formula is C17H15FN2O2S. The first kappa shape index (κ1) is 15.6. The monoisotopic (exact) mass is 330 g/mol. The highest BCUT2D eigenvalue weighted by Gasteiger charge is 2.40. The summed E-state index contributed by atoms with van der Waals surface area (Å²) in [4.78, 5) is 25.9. The summed E-state index contributed by atoms with van der Waals surface area (Å²) in [5.41, 5.74) is 3.12. The normalized spacial score (nSPS) is 17.7. The zero-order valence-corrected chi connectivity index (χ0v) is 13.5. The van der Waals surface area contributed by atoms with E-state index in [4.69, 9.17) is 0 Å². The van der Waals surface area contributed by atoms with Crippen LogP contribution in [0, 0.1) is 19.7 Å². The van der Waals surface area contributed by atoms with Gasteiger partial charge in [0.05, 0.1) is 5.69 Å². The summed E-state index contributed by atoms with van der Waals surface area (Å²) < 4.78 is 13.2. The minimum absolute atomic E-state index is 0.341. The van der Waals surface area contributed by atoms with E-state index < -0.39 is 11.2 Å². The molecule has 23 heavy (non-hydrogen) atoms. The van der Waals surface area contributed by atoms with Crippen molar-refractivity contribution in [1.29, 1.82) is 0 Å². The van der Waals surface area contributed by atoms with Gasteiger partial charge in [-0.3, -0.25) is 9.59 Å². The van der Waals surface area contributed by atoms with Gasteiger partial charge >= 0.3 is 0 Å². The molecule has 1 unspecified atom stereocenters. The van der Waals surface area contributed by atoms with Crippen LogP contribution in [0.1, 0.15) is 11.1 Å². The number of nitrogens with one attached hydrogen (secondary N) is 1. The molecule has 2 aromatic carbocycles. The number of aryl methyl sites for hydroxylation is 2. The molecule has 1 atom stereocenters. The van der Waals surface area contributed by atoms with Crippen molar-refractivity contribution in [1.82, 2.24) is 0 Å². The largest absolute Gasteiger partial charge is 0.365 e. The zero-order chi connectivity index (χ0) is 16.6. The Morgan fingerprint density at radius 3 is 2.57 bits per heavy atom. The Morgan fingerprint density at radius 1 is 1.09 bits per heavy atom. The van der Waals surface area contributed by atoms with Crippen LogP contribution in [0.15, 0.2) is 42.5 Å². The second kappa shape index (κ2) is 6.04. The van der Waals surface area contributed by atoms with Gasteiger partial charge in [0, 0.05) is 5.69 Å². The van der Waals surface area contributed by atoms with E-state index >= 15 is 0 Å². The fourth-order valence-corrected chi connectivity index (χ4v) is 3.23. The van der Waals surface area contributed by atoms with Crippen LogP contribution in [-0.4, -0.2) is 16.5 Å². The molecule has 0 saturated carbocycles. The third-order valence-electron chi connectivity index (χ3n) is 3.72. The lowest BCUT2D eigenvalue weighted by molar-refractivity contribution is -0.116. The lowest BCUT2D eigenvalue weighted by Crippen LogP contribution is -2.34. The smallest absolute Gasteiger partial charge is 0.295 e. The van der Waals surface area contributed by atoms with Crippen LogP contribution in [0.25, 0.3) is 0 Å². The van der Waals surface area contributed by atoms with Crippen molar-refractivity contribution >= 4 is 34.3 Å². The molecule has 0 bridgehead atoms. The van der Waals surface area contributed by atoms with E-state index in [1.807, 2.05) is 26.0 Å². The van der Waals surface area contributed by atoms with Crippen molar-refractivity contribution in [2.24, 2.45) is 0 Å². The Kier molecular flexibility index (Phi) is 4.09. The average molecular weight is 330 g/mol. The highest BCUT2D eigenvalue weighted by Crippen LogP contribution is 2.33. The number of hydrogen-bond donors (Lipinski definition) is 1. The maximum atomic E-state index is 13.2. The van der Waals surface area contributed by atoms with E-state index in [-0.39, 0.29) is 11.1 Å². The lowest BCUT2D eigenvalue weighted by atomic mass is 10.1. The van der Waals surface area contributed by atoms with Gasteiger partial charge in [-0.1, -0.05) is 12.1 Å². The third-order valence-corrected chi connectivity index (χ3v) is 4.66. The summed E-state index contributed by atoms with van der Waals surface area (Å²) >= 11 is 0.891. The molecular weight excluding hydrogens is 315 g/mol. The fourth-order valence-electron chi connectivity index (χ4n) is 2.33. The molecule has 1 N–H and O–H groups in total. The molecule has 6 heteroatoms. The van der Waals surface area contributed by atoms with Crippen molar-refractivity contribution in [2.75, 3.05) is 10.2 Å². The summed E-state index contributed by atoms with van der Waals surface area (Å²) in [6.45, 7) is 3.90. The van der Waals surface area contributed by atoms with Crippen molar-refractivity contribution in [3.63, 3.8) is 0 Å². The first-order chi connectivity index (χ1) is 11.0. The quantitative estimate of drug-likeness (QED) is 0.921. The van der Waals surface area contributed by atoms with E-state index in [1.54, 1.807) is 18.2 Å². The zero-order valence-electron chi connectivity index (χ0n) is 12.7. The summed E-state index contributed by atoms with van der Waals surface area (Å²) in [7, 11) is 0. The molecule has 2 aromatic rings. The summed E-state index contributed by atoms with van der Waals surface area (Å²) in [6.07, 6.45) is 0. The van der Waals surface area contributed by atoms with Gasteiger partial charge in [-0.25, -0.2) is 9.29 Å². The molecule has 2 amide bonds. The molecule has 0 aliphatic carbocycles. The molecule has 118 valence electrons. The standard InChI is InChI=1S/C17H15FN2O2S/c1-10-6-7-14(8-11(10)2)20-16(21)15(23-17(20)22)19-13-5-3-4-12(18)9-13/h3-9,15,19H,1-2H3. The van der Waals surface area contributed by atoms with Gasteiger partial charge in [0.25, 0.3) is 11.1 Å². The Morgan fingerprint density at radius 2 is 1.87 bits per heavy atom. The van der Waals surface area contributed by atoms with Crippen LogP contribution in [-0.2, 0) is 4.79 Å². The van der Waals surface area contributed by atoms with Gasteiger partial charge in [0.15, 0.2) is 5.37 Å². The predicted octanol–water partition coefficient (Wildman–Crippen LogP) is 4.08. The van der Waals surface area contributed by atoms with Gasteiger partial charge < -0.3 is 5.32 Å². The number of hydrogen-bond acceptors (Lipinski definition) is 4. The number of rotatable bonds is 3. The SMILES string of the molecule is Cc1ccc(N2C(=O)SC(Nc3cccc(F)c3)C2=O)cc1C. The number of amides is 2. The molecule has 1 heterocycles. The van der Waals surface area contributed by atoms with E-state index in [9.17, 15) is 14.0 Å². The number of halogens is 1. The minimum atomic E-state index is -0.758. The van der Waals surface area contributed by atoms with Crippen LogP contribution in [0.5, 0.6) is 0 Å². The Labute approximate surface area is 137 Å². The van der Waals surface area contributed by atoms with E-state index in [0.717, 1.165) is 27.8 Å². The Balaban J connectivity index is 1.83. The molecule has 1 saturated heterocycles. The van der Waals surface area contributed by atoms with Crippen LogP contribution in [0.4, 0.5) is 20.6 Å². The molecule has 1 aliphatic heterocycles. The first-order valence-corrected chi connectivity index (χ1v) is 7.97. The van der Waals surface area contributed by atoms with Crippen molar-refractivity contribution in [3.05, 3.63) is 59.4 Å². The van der Waals surface area contributed by atoms with Gasteiger partial charge in [0.1, 0.15) is 5.82 Å². The number of carbonyl (C=O) groups excluding carboxylic acids is 2. The molecule has 1 aliphatic rings. The maximum Gasteiger partial charge on any atom is 0.295 e. The topological polar surface area (TPSA) is 49.4 Å². The summed E-state index contributed by atoms with van der Waals surface area (Å²) in [6, 6.07) is 11.3. The van der Waals surface area contributed by atoms with Gasteiger partial charge in [-0.2, -0.15) is 0 Å². The second-order valence-corrected chi connectivity index (χ2v) is 6.42. The van der Waals surface area contributed by atoms with E-state index in [2.05, 4.69) is 5.32 Å². The first-order valence-electron chi connectivity index (χ1n) is 7.09. The highest BCUT2D eigenvalue weighted by molar-refractivity contribution is 8.16. The number of anilines is 2. The van der Waals surface area contributed by atoms with Crippen LogP contribution < -0.4 is 10.2 Å². The predicted molar refractivity (Wildman–Crippen MR) is 90.2 cm³/mol. The molecule has 3 rings (SSSR count). The summed E-state index contributed by atoms with van der Waals surface area (Å²) in [5, 5.41) is 1.80. The fraction of sp³-hybridized carbons (Fsp3) is 0.176. The average Bonchev–Trinajstić information content (AvgIpc) is 2.77. The lowest BCUT2D eigenvalue weighted by Gasteiger charge is -2.16. The van der Waals surface area contributed by atoms with Crippen LogP contribution >= 0.6 is 11.8 Å². The molecule has 0 spiro atoms. The van der Waals surface area contributed by atoms with Gasteiger partial charge in [0.2, 0.25) is 0 Å². The maximum absolute atomic E-state index is 13.2. The number of nitrogens with zero attached hydrogens (tertiary/aromatic N) is 1. The highest BCUT2D eigenvalue weighted by atomic mass is 32.2. The molecule has 0 aromatic heterocycles. The van der Waals surface area contributed by atoms with Crippen molar-refractivity contribution < 1.29 is 14.0 Å². The number of carbonyl (C=O) groups is 2. The van der Waals surface area contributed by atoms with Crippen LogP contribution in [0.2, 0.25) is 0 Å². The van der Waals surface area contributed by atoms with Crippen LogP contribution in [0.3, 0.4) is 0 Å². The minimum Gasteiger partial charge on any atom is -0.365 e. The van der Waals surface area contributed by atoms with E-state index in [1.165, 1.54) is 12.1 Å². The number of benzene rings is 2. The number of thioether (sulfide) groups is 1. The van der Waals surface area contributed by atoms with Gasteiger partial charge in [-0.05, 0) is 67.1 Å². The molecule has 1 fully saturated rings. The van der Waals surface area contributed by atoms with E-state index in [0.29, 0.717) is 11.4 Å². The third kappa shape index (κ3) is 3.07. The Hall–Kier alpha value is -2.34. The second-order valence-electron chi connectivity index (χ2n) is 5.36. The summed E-state index contributed by atoms with van der Waals surface area (Å²) in [5.74, 6) is -0.754. The van der Waals surface area contributed by atoms with Gasteiger partial charge in [-0.15, -0.1) is 0 Å². The number of imide groups is 1. The Bertz CT molecular complexity index is 794. The van der Waals surface area contributed by atoms with Crippen molar-refractivity contribution in [2.45, 2.75) is 19.2 Å². The van der Waals surface area contributed by atoms with Crippen molar-refractivity contribution in [3.8, 4) is 0 Å².